The SMILES string of the molecule is CCC1CCC(C(NC)C2CCCCC2CC)CC1. The number of hydrogen-bond acceptors (Lipinski definition) is 1. The van der Waals surface area contributed by atoms with E-state index >= 15 is 0 Å². The maximum atomic E-state index is 3.74. The van der Waals surface area contributed by atoms with Crippen LogP contribution >= 0.6 is 0 Å². The van der Waals surface area contributed by atoms with Crippen molar-refractivity contribution in [2.24, 2.45) is 23.7 Å². The lowest BCUT2D eigenvalue weighted by Crippen LogP contribution is -2.45. The zero-order valence-corrected chi connectivity index (χ0v) is 13.5. The Labute approximate surface area is 120 Å². The fraction of sp³-hybridized carbons (Fsp3) is 1.00. The fourth-order valence-electron chi connectivity index (χ4n) is 4.97. The third-order valence-corrected chi connectivity index (χ3v) is 6.26. The zero-order valence-electron chi connectivity index (χ0n) is 13.5. The standard InChI is InChI=1S/C18H35N/c1-4-14-10-12-16(13-11-14)18(19-3)17-9-7-6-8-15(17)5-2/h14-19H,4-13H2,1-3H3. The predicted molar refractivity (Wildman–Crippen MR) is 84.3 cm³/mol. The summed E-state index contributed by atoms with van der Waals surface area (Å²) in [7, 11) is 2.22. The molecule has 2 aliphatic carbocycles. The highest BCUT2D eigenvalue weighted by Gasteiger charge is 2.35. The highest BCUT2D eigenvalue weighted by atomic mass is 14.9. The molecule has 2 rings (SSSR count). The van der Waals surface area contributed by atoms with Crippen molar-refractivity contribution in [1.82, 2.24) is 5.32 Å². The molecule has 2 aliphatic rings. The second-order valence-electron chi connectivity index (χ2n) is 7.12. The van der Waals surface area contributed by atoms with E-state index in [2.05, 4.69) is 26.2 Å². The van der Waals surface area contributed by atoms with Crippen molar-refractivity contribution in [1.29, 1.82) is 0 Å². The third kappa shape index (κ3) is 3.74. The van der Waals surface area contributed by atoms with Gasteiger partial charge in [0.2, 0.25) is 0 Å². The van der Waals surface area contributed by atoms with E-state index in [9.17, 15) is 0 Å². The second kappa shape index (κ2) is 7.67. The topological polar surface area (TPSA) is 12.0 Å². The molecule has 0 amide bonds. The Morgan fingerprint density at radius 2 is 1.58 bits per heavy atom. The average Bonchev–Trinajstić information content (AvgIpc) is 2.49. The Kier molecular flexibility index (Phi) is 6.19. The Morgan fingerprint density at radius 3 is 2.16 bits per heavy atom. The molecule has 0 spiro atoms. The molecule has 19 heavy (non-hydrogen) atoms. The lowest BCUT2D eigenvalue weighted by molar-refractivity contribution is 0.112. The summed E-state index contributed by atoms with van der Waals surface area (Å²) in [6.45, 7) is 4.78. The van der Waals surface area contributed by atoms with E-state index in [0.717, 1.165) is 29.7 Å². The summed E-state index contributed by atoms with van der Waals surface area (Å²) in [5.74, 6) is 3.95. The minimum Gasteiger partial charge on any atom is -0.316 e. The van der Waals surface area contributed by atoms with Crippen LogP contribution in [0.25, 0.3) is 0 Å². The van der Waals surface area contributed by atoms with Gasteiger partial charge in [-0.3, -0.25) is 0 Å². The Bertz CT molecular complexity index is 242. The van der Waals surface area contributed by atoms with Crippen LogP contribution < -0.4 is 5.32 Å². The van der Waals surface area contributed by atoms with Gasteiger partial charge in [0.1, 0.15) is 0 Å². The summed E-state index contributed by atoms with van der Waals surface area (Å²) in [5.41, 5.74) is 0. The monoisotopic (exact) mass is 265 g/mol. The Balaban J connectivity index is 1.94. The van der Waals surface area contributed by atoms with Crippen molar-refractivity contribution in [3.8, 4) is 0 Å². The third-order valence-electron chi connectivity index (χ3n) is 6.26. The molecule has 0 bridgehead atoms. The van der Waals surface area contributed by atoms with Gasteiger partial charge in [-0.25, -0.2) is 0 Å². The number of hydrogen-bond donors (Lipinski definition) is 1. The quantitative estimate of drug-likeness (QED) is 0.737. The van der Waals surface area contributed by atoms with Crippen molar-refractivity contribution in [3.63, 3.8) is 0 Å². The molecule has 0 saturated heterocycles. The van der Waals surface area contributed by atoms with Crippen LogP contribution in [0.5, 0.6) is 0 Å². The molecular formula is C18H35N. The molecule has 0 aromatic carbocycles. The molecule has 3 atom stereocenters. The molecule has 1 heteroatoms. The van der Waals surface area contributed by atoms with E-state index < -0.39 is 0 Å². The lowest BCUT2D eigenvalue weighted by atomic mass is 9.67. The maximum absolute atomic E-state index is 3.74. The molecule has 3 unspecified atom stereocenters. The minimum absolute atomic E-state index is 0.808. The zero-order chi connectivity index (χ0) is 13.7. The molecule has 0 heterocycles. The van der Waals surface area contributed by atoms with Crippen LogP contribution in [0.1, 0.15) is 78.1 Å². The highest BCUT2D eigenvalue weighted by Crippen LogP contribution is 2.41. The molecule has 0 aromatic rings. The fourth-order valence-corrected chi connectivity index (χ4v) is 4.97. The normalized spacial score (nSPS) is 38.1. The predicted octanol–water partition coefficient (Wildman–Crippen LogP) is 5.01. The van der Waals surface area contributed by atoms with Crippen molar-refractivity contribution in [3.05, 3.63) is 0 Å². The van der Waals surface area contributed by atoms with Gasteiger partial charge in [0.05, 0.1) is 0 Å². The van der Waals surface area contributed by atoms with Crippen molar-refractivity contribution >= 4 is 0 Å². The first kappa shape index (κ1) is 15.4. The lowest BCUT2D eigenvalue weighted by Gasteiger charge is -2.43. The van der Waals surface area contributed by atoms with Crippen molar-refractivity contribution in [2.45, 2.75) is 84.1 Å². The molecule has 0 aromatic heterocycles. The summed E-state index contributed by atoms with van der Waals surface area (Å²) < 4.78 is 0. The maximum Gasteiger partial charge on any atom is 0.0123 e. The van der Waals surface area contributed by atoms with Crippen LogP contribution in [-0.2, 0) is 0 Å². The van der Waals surface area contributed by atoms with Gasteiger partial charge in [-0.15, -0.1) is 0 Å². The summed E-state index contributed by atoms with van der Waals surface area (Å²) in [6.07, 6.45) is 14.7. The molecule has 1 N–H and O–H groups in total. The smallest absolute Gasteiger partial charge is 0.0123 e. The summed E-state index contributed by atoms with van der Waals surface area (Å²) in [5, 5.41) is 3.74. The molecular weight excluding hydrogens is 230 g/mol. The average molecular weight is 265 g/mol. The van der Waals surface area contributed by atoms with Gasteiger partial charge in [0.25, 0.3) is 0 Å². The van der Waals surface area contributed by atoms with E-state index in [4.69, 9.17) is 0 Å². The first-order valence-electron chi connectivity index (χ1n) is 8.97. The summed E-state index contributed by atoms with van der Waals surface area (Å²) in [4.78, 5) is 0. The van der Waals surface area contributed by atoms with E-state index in [1.165, 1.54) is 64.2 Å². The molecule has 112 valence electrons. The Hall–Kier alpha value is -0.0400. The minimum atomic E-state index is 0.808. The van der Waals surface area contributed by atoms with Gasteiger partial charge in [0, 0.05) is 6.04 Å². The van der Waals surface area contributed by atoms with Crippen LogP contribution in [0, 0.1) is 23.7 Å². The number of nitrogens with one attached hydrogen (secondary N) is 1. The van der Waals surface area contributed by atoms with Crippen LogP contribution in [0.3, 0.4) is 0 Å². The molecule has 1 nitrogen and oxygen atoms in total. The summed E-state index contributed by atoms with van der Waals surface area (Å²) in [6, 6.07) is 0.808. The molecule has 2 saturated carbocycles. The molecule has 0 aliphatic heterocycles. The van der Waals surface area contributed by atoms with E-state index in [-0.39, 0.29) is 0 Å². The van der Waals surface area contributed by atoms with E-state index in [1.807, 2.05) is 0 Å². The van der Waals surface area contributed by atoms with Gasteiger partial charge < -0.3 is 5.32 Å². The van der Waals surface area contributed by atoms with Crippen LogP contribution in [-0.4, -0.2) is 13.1 Å². The number of rotatable bonds is 5. The van der Waals surface area contributed by atoms with Gasteiger partial charge in [-0.2, -0.15) is 0 Å². The first-order chi connectivity index (χ1) is 9.30. The van der Waals surface area contributed by atoms with Gasteiger partial charge in [0.15, 0.2) is 0 Å². The van der Waals surface area contributed by atoms with Crippen LogP contribution in [0.2, 0.25) is 0 Å². The van der Waals surface area contributed by atoms with Gasteiger partial charge in [-0.1, -0.05) is 58.8 Å². The van der Waals surface area contributed by atoms with Crippen LogP contribution in [0.4, 0.5) is 0 Å². The highest BCUT2D eigenvalue weighted by molar-refractivity contribution is 4.90. The first-order valence-corrected chi connectivity index (χ1v) is 8.97. The largest absolute Gasteiger partial charge is 0.316 e. The second-order valence-corrected chi connectivity index (χ2v) is 7.12. The van der Waals surface area contributed by atoms with Gasteiger partial charge >= 0.3 is 0 Å². The molecule has 2 fully saturated rings. The van der Waals surface area contributed by atoms with E-state index in [1.54, 1.807) is 0 Å². The Morgan fingerprint density at radius 1 is 0.895 bits per heavy atom. The molecule has 0 radical (unpaired) electrons. The van der Waals surface area contributed by atoms with Crippen LogP contribution in [0.15, 0.2) is 0 Å². The summed E-state index contributed by atoms with van der Waals surface area (Å²) >= 11 is 0. The van der Waals surface area contributed by atoms with Crippen molar-refractivity contribution < 1.29 is 0 Å². The van der Waals surface area contributed by atoms with E-state index in [0.29, 0.717) is 0 Å². The van der Waals surface area contributed by atoms with Crippen molar-refractivity contribution in [2.75, 3.05) is 7.05 Å². The van der Waals surface area contributed by atoms with Gasteiger partial charge in [-0.05, 0) is 50.0 Å².